The van der Waals surface area contributed by atoms with E-state index in [1.54, 1.807) is 6.26 Å². The van der Waals surface area contributed by atoms with E-state index in [9.17, 15) is 5.11 Å². The summed E-state index contributed by atoms with van der Waals surface area (Å²) in [4.78, 5) is 18.2. The Balaban J connectivity index is 0.000000346. The molecule has 0 aliphatic rings. The zero-order chi connectivity index (χ0) is 16.4. The minimum atomic E-state index is -1.82. The van der Waals surface area contributed by atoms with Crippen molar-refractivity contribution in [1.29, 1.82) is 0 Å². The number of furan rings is 1. The molecule has 0 saturated heterocycles. The molecule has 118 valence electrons. The quantitative estimate of drug-likeness (QED) is 0.614. The molecule has 0 saturated carbocycles. The molecule has 0 radical (unpaired) electrons. The smallest absolute Gasteiger partial charge is 0.414 e. The summed E-state index contributed by atoms with van der Waals surface area (Å²) >= 11 is 0. The van der Waals surface area contributed by atoms with Crippen LogP contribution in [-0.2, 0) is 16.1 Å². The number of rotatable bonds is 5. The third kappa shape index (κ3) is 6.69. The van der Waals surface area contributed by atoms with E-state index in [4.69, 9.17) is 24.2 Å². The number of hydrogen-bond acceptors (Lipinski definition) is 5. The van der Waals surface area contributed by atoms with Crippen molar-refractivity contribution in [2.45, 2.75) is 12.6 Å². The van der Waals surface area contributed by atoms with Gasteiger partial charge in [-0.1, -0.05) is 30.3 Å². The molecule has 4 N–H and O–H groups in total. The summed E-state index contributed by atoms with van der Waals surface area (Å²) in [5, 5.41) is 27.8. The number of benzene rings is 1. The predicted octanol–water partition coefficient (Wildman–Crippen LogP) is 1.26. The molecule has 7 heteroatoms. The van der Waals surface area contributed by atoms with Gasteiger partial charge in [0.05, 0.1) is 18.9 Å². The van der Waals surface area contributed by atoms with E-state index in [2.05, 4.69) is 5.32 Å². The van der Waals surface area contributed by atoms with Gasteiger partial charge in [-0.15, -0.1) is 0 Å². The van der Waals surface area contributed by atoms with Gasteiger partial charge >= 0.3 is 11.9 Å². The molecule has 1 unspecified atom stereocenters. The van der Waals surface area contributed by atoms with Crippen LogP contribution in [0.5, 0.6) is 0 Å². The molecule has 7 nitrogen and oxygen atoms in total. The zero-order valence-corrected chi connectivity index (χ0v) is 11.7. The summed E-state index contributed by atoms with van der Waals surface area (Å²) in [6.45, 7) is 1.15. The van der Waals surface area contributed by atoms with Crippen LogP contribution in [0.25, 0.3) is 0 Å². The van der Waals surface area contributed by atoms with E-state index < -0.39 is 18.0 Å². The number of nitrogens with one attached hydrogen (secondary N) is 1. The lowest BCUT2D eigenvalue weighted by molar-refractivity contribution is -0.159. The van der Waals surface area contributed by atoms with Gasteiger partial charge in [-0.2, -0.15) is 0 Å². The Morgan fingerprint density at radius 1 is 1.05 bits per heavy atom. The van der Waals surface area contributed by atoms with Gasteiger partial charge in [0.1, 0.15) is 5.76 Å². The summed E-state index contributed by atoms with van der Waals surface area (Å²) < 4.78 is 5.18. The van der Waals surface area contributed by atoms with Crippen LogP contribution in [0, 0.1) is 0 Å². The van der Waals surface area contributed by atoms with Gasteiger partial charge in [0.25, 0.3) is 0 Å². The second-order valence-electron chi connectivity index (χ2n) is 4.25. The van der Waals surface area contributed by atoms with Crippen molar-refractivity contribution >= 4 is 11.9 Å². The maximum Gasteiger partial charge on any atom is 0.414 e. The van der Waals surface area contributed by atoms with E-state index in [0.717, 1.165) is 11.3 Å². The van der Waals surface area contributed by atoms with Crippen molar-refractivity contribution in [2.24, 2.45) is 0 Å². The average Bonchev–Trinajstić information content (AvgIpc) is 3.02. The predicted molar refractivity (Wildman–Crippen MR) is 77.1 cm³/mol. The lowest BCUT2D eigenvalue weighted by Gasteiger charge is -2.11. The fourth-order valence-electron chi connectivity index (χ4n) is 1.54. The number of hydrogen-bond donors (Lipinski definition) is 4. The van der Waals surface area contributed by atoms with Crippen LogP contribution in [0.1, 0.15) is 17.4 Å². The Hall–Kier alpha value is -2.64. The number of carboxylic acids is 2. The SMILES string of the molecule is O=C(O)C(=O)O.OC(CNCc1ccco1)c1ccccc1. The Morgan fingerprint density at radius 3 is 2.18 bits per heavy atom. The van der Waals surface area contributed by atoms with Crippen LogP contribution in [0.2, 0.25) is 0 Å². The molecule has 0 amide bonds. The molecule has 1 aromatic carbocycles. The molecular formula is C15H17NO6. The fraction of sp³-hybridized carbons (Fsp3) is 0.200. The largest absolute Gasteiger partial charge is 0.473 e. The second kappa shape index (κ2) is 9.32. The fourth-order valence-corrected chi connectivity index (χ4v) is 1.54. The first-order chi connectivity index (χ1) is 10.5. The van der Waals surface area contributed by atoms with E-state index in [1.165, 1.54) is 0 Å². The highest BCUT2D eigenvalue weighted by atomic mass is 16.4. The third-order valence-electron chi connectivity index (χ3n) is 2.58. The minimum Gasteiger partial charge on any atom is -0.473 e. The zero-order valence-electron chi connectivity index (χ0n) is 11.7. The van der Waals surface area contributed by atoms with Crippen LogP contribution < -0.4 is 5.32 Å². The normalized spacial score (nSPS) is 11.1. The average molecular weight is 307 g/mol. The first-order valence-electron chi connectivity index (χ1n) is 6.43. The topological polar surface area (TPSA) is 120 Å². The van der Waals surface area contributed by atoms with Crippen molar-refractivity contribution in [1.82, 2.24) is 5.32 Å². The molecule has 0 aliphatic carbocycles. The number of carbonyl (C=O) groups is 2. The van der Waals surface area contributed by atoms with Crippen molar-refractivity contribution < 1.29 is 29.3 Å². The van der Waals surface area contributed by atoms with Gasteiger partial charge in [-0.3, -0.25) is 0 Å². The molecule has 1 heterocycles. The molecule has 0 bridgehead atoms. The number of aliphatic carboxylic acids is 2. The number of carboxylic acid groups (broad SMARTS) is 2. The van der Waals surface area contributed by atoms with Crippen LogP contribution in [0.4, 0.5) is 0 Å². The van der Waals surface area contributed by atoms with Gasteiger partial charge in [-0.25, -0.2) is 9.59 Å². The van der Waals surface area contributed by atoms with Gasteiger partial charge < -0.3 is 25.1 Å². The summed E-state index contributed by atoms with van der Waals surface area (Å²) in [6, 6.07) is 13.4. The molecular weight excluding hydrogens is 290 g/mol. The molecule has 22 heavy (non-hydrogen) atoms. The van der Waals surface area contributed by atoms with Crippen molar-refractivity contribution in [3.8, 4) is 0 Å². The molecule has 1 atom stereocenters. The summed E-state index contributed by atoms with van der Waals surface area (Å²) in [5.74, 6) is -2.77. The molecule has 0 aliphatic heterocycles. The van der Waals surface area contributed by atoms with E-state index in [0.29, 0.717) is 13.1 Å². The highest BCUT2D eigenvalue weighted by Gasteiger charge is 2.06. The monoisotopic (exact) mass is 307 g/mol. The summed E-state index contributed by atoms with van der Waals surface area (Å²) in [6.07, 6.45) is 1.17. The van der Waals surface area contributed by atoms with Crippen LogP contribution in [-0.4, -0.2) is 33.8 Å². The minimum absolute atomic E-state index is 0.476. The van der Waals surface area contributed by atoms with Crippen molar-refractivity contribution in [2.75, 3.05) is 6.54 Å². The standard InChI is InChI=1S/C13H15NO2.C2H2O4/c15-13(11-5-2-1-3-6-11)10-14-9-12-7-4-8-16-12;3-1(4)2(5)6/h1-8,13-15H,9-10H2;(H,3,4)(H,5,6). The van der Waals surface area contributed by atoms with Crippen molar-refractivity contribution in [3.63, 3.8) is 0 Å². The first-order valence-corrected chi connectivity index (χ1v) is 6.43. The maximum absolute atomic E-state index is 9.86. The molecule has 2 rings (SSSR count). The van der Waals surface area contributed by atoms with E-state index in [1.807, 2.05) is 42.5 Å². The lowest BCUT2D eigenvalue weighted by Crippen LogP contribution is -2.20. The third-order valence-corrected chi connectivity index (χ3v) is 2.58. The van der Waals surface area contributed by atoms with Gasteiger partial charge in [0.15, 0.2) is 0 Å². The van der Waals surface area contributed by atoms with E-state index >= 15 is 0 Å². The van der Waals surface area contributed by atoms with Gasteiger partial charge in [-0.05, 0) is 17.7 Å². The maximum atomic E-state index is 9.86. The molecule has 0 spiro atoms. The highest BCUT2D eigenvalue weighted by Crippen LogP contribution is 2.10. The van der Waals surface area contributed by atoms with Gasteiger partial charge in [0.2, 0.25) is 0 Å². The molecule has 2 aromatic rings. The van der Waals surface area contributed by atoms with Crippen LogP contribution >= 0.6 is 0 Å². The van der Waals surface area contributed by atoms with Gasteiger partial charge in [0, 0.05) is 6.54 Å². The summed E-state index contributed by atoms with van der Waals surface area (Å²) in [5.41, 5.74) is 0.925. The Morgan fingerprint density at radius 2 is 1.68 bits per heavy atom. The van der Waals surface area contributed by atoms with E-state index in [-0.39, 0.29) is 0 Å². The first kappa shape index (κ1) is 17.4. The van der Waals surface area contributed by atoms with Crippen molar-refractivity contribution in [3.05, 3.63) is 60.1 Å². The summed E-state index contributed by atoms with van der Waals surface area (Å²) in [7, 11) is 0. The second-order valence-corrected chi connectivity index (χ2v) is 4.25. The van der Waals surface area contributed by atoms with Crippen LogP contribution in [0.15, 0.2) is 53.1 Å². The Labute approximate surface area is 126 Å². The van der Waals surface area contributed by atoms with Crippen LogP contribution in [0.3, 0.4) is 0 Å². The Kier molecular flexibility index (Phi) is 7.38. The lowest BCUT2D eigenvalue weighted by atomic mass is 10.1. The highest BCUT2D eigenvalue weighted by molar-refractivity contribution is 6.27. The number of aliphatic hydroxyl groups excluding tert-OH is 1. The Bertz CT molecular complexity index is 555. The molecule has 1 aromatic heterocycles. The number of aliphatic hydroxyl groups is 1. The molecule has 0 fully saturated rings.